The monoisotopic (exact) mass is 273 g/mol. The van der Waals surface area contributed by atoms with E-state index in [0.717, 1.165) is 30.4 Å². The minimum atomic E-state index is 0.919. The van der Waals surface area contributed by atoms with Crippen molar-refractivity contribution in [1.82, 2.24) is 4.90 Å². The lowest BCUT2D eigenvalue weighted by molar-refractivity contribution is 0.243. The number of nitrogens with two attached hydrogens (primary N) is 1. The first-order valence-corrected chi connectivity index (χ1v) is 7.75. The third-order valence-corrected chi connectivity index (χ3v) is 4.35. The number of benzene rings is 1. The van der Waals surface area contributed by atoms with E-state index in [0.29, 0.717) is 0 Å². The molecule has 0 spiro atoms. The van der Waals surface area contributed by atoms with E-state index in [9.17, 15) is 0 Å². The lowest BCUT2D eigenvalue weighted by Crippen LogP contribution is -2.32. The minimum absolute atomic E-state index is 0.919. The average molecular weight is 273 g/mol. The zero-order chi connectivity index (χ0) is 14.4. The lowest BCUT2D eigenvalue weighted by atomic mass is 9.91. The molecule has 0 unspecified atom stereocenters. The molecule has 0 amide bonds. The van der Waals surface area contributed by atoms with Gasteiger partial charge in [-0.15, -0.1) is 0 Å². The van der Waals surface area contributed by atoms with Crippen molar-refractivity contribution in [2.75, 3.05) is 18.5 Å². The largest absolute Gasteiger partial charge is 0.372 e. The number of rotatable bonds is 6. The Morgan fingerprint density at radius 2 is 1.95 bits per heavy atom. The standard InChI is InChI=1S/C17H27N3/c1-3-4-5-15-10-12-20(13-11-15)14(2)16-6-8-17(19-18)9-7-16/h6-9,15,19H,2-5,10-13,18H2,1H3. The number of piperidine rings is 1. The molecule has 1 saturated heterocycles. The van der Waals surface area contributed by atoms with E-state index < -0.39 is 0 Å². The van der Waals surface area contributed by atoms with Gasteiger partial charge in [0, 0.05) is 24.5 Å². The molecule has 1 aromatic rings. The summed E-state index contributed by atoms with van der Waals surface area (Å²) in [6, 6.07) is 8.16. The number of hydrogen-bond donors (Lipinski definition) is 2. The summed E-state index contributed by atoms with van der Waals surface area (Å²) < 4.78 is 0. The summed E-state index contributed by atoms with van der Waals surface area (Å²) in [7, 11) is 0. The van der Waals surface area contributed by atoms with Crippen LogP contribution >= 0.6 is 0 Å². The van der Waals surface area contributed by atoms with Crippen LogP contribution in [0, 0.1) is 5.92 Å². The Balaban J connectivity index is 1.87. The Morgan fingerprint density at radius 3 is 2.50 bits per heavy atom. The zero-order valence-electron chi connectivity index (χ0n) is 12.6. The second-order valence-electron chi connectivity index (χ2n) is 5.74. The number of nitrogen functional groups attached to an aromatic ring is 1. The van der Waals surface area contributed by atoms with Gasteiger partial charge >= 0.3 is 0 Å². The van der Waals surface area contributed by atoms with Crippen molar-refractivity contribution in [3.05, 3.63) is 36.4 Å². The van der Waals surface area contributed by atoms with Crippen LogP contribution in [0.2, 0.25) is 0 Å². The molecule has 20 heavy (non-hydrogen) atoms. The van der Waals surface area contributed by atoms with Crippen LogP contribution in [0.15, 0.2) is 30.8 Å². The average Bonchev–Trinajstić information content (AvgIpc) is 2.53. The van der Waals surface area contributed by atoms with Gasteiger partial charge in [-0.05, 0) is 36.5 Å². The molecule has 0 aliphatic carbocycles. The third kappa shape index (κ3) is 3.76. The van der Waals surface area contributed by atoms with Crippen molar-refractivity contribution >= 4 is 11.4 Å². The van der Waals surface area contributed by atoms with Crippen molar-refractivity contribution in [1.29, 1.82) is 0 Å². The highest BCUT2D eigenvalue weighted by Crippen LogP contribution is 2.28. The summed E-state index contributed by atoms with van der Waals surface area (Å²) in [5, 5.41) is 0. The predicted octanol–water partition coefficient (Wildman–Crippen LogP) is 3.85. The minimum Gasteiger partial charge on any atom is -0.372 e. The molecule has 0 bridgehead atoms. The molecule has 1 aliphatic rings. The van der Waals surface area contributed by atoms with E-state index in [1.165, 1.54) is 37.7 Å². The smallest absolute Gasteiger partial charge is 0.0485 e. The first-order valence-electron chi connectivity index (χ1n) is 7.75. The number of hydrogen-bond acceptors (Lipinski definition) is 3. The zero-order valence-corrected chi connectivity index (χ0v) is 12.6. The summed E-state index contributed by atoms with van der Waals surface area (Å²) in [6.45, 7) is 8.83. The number of hydrazine groups is 1. The number of nitrogens with zero attached hydrogens (tertiary/aromatic N) is 1. The van der Waals surface area contributed by atoms with E-state index in [1.807, 2.05) is 12.1 Å². The predicted molar refractivity (Wildman–Crippen MR) is 87.1 cm³/mol. The molecule has 0 aromatic heterocycles. The summed E-state index contributed by atoms with van der Waals surface area (Å²) in [5.74, 6) is 6.31. The quantitative estimate of drug-likeness (QED) is 0.611. The molecule has 3 N–H and O–H groups in total. The second-order valence-corrected chi connectivity index (χ2v) is 5.74. The molecule has 2 rings (SSSR count). The summed E-state index contributed by atoms with van der Waals surface area (Å²) in [4.78, 5) is 2.42. The van der Waals surface area contributed by atoms with E-state index in [4.69, 9.17) is 5.84 Å². The van der Waals surface area contributed by atoms with Crippen molar-refractivity contribution in [2.45, 2.75) is 39.0 Å². The molecule has 1 heterocycles. The molecule has 0 radical (unpaired) electrons. The SMILES string of the molecule is C=C(c1ccc(NN)cc1)N1CCC(CCCC)CC1. The molecule has 1 aliphatic heterocycles. The highest BCUT2D eigenvalue weighted by Gasteiger charge is 2.20. The molecule has 3 nitrogen and oxygen atoms in total. The molecule has 3 heteroatoms. The Morgan fingerprint density at radius 1 is 1.30 bits per heavy atom. The van der Waals surface area contributed by atoms with E-state index in [2.05, 4.69) is 36.0 Å². The van der Waals surface area contributed by atoms with Crippen LogP contribution in [0.25, 0.3) is 5.70 Å². The molecule has 1 aromatic carbocycles. The van der Waals surface area contributed by atoms with Gasteiger partial charge in [0.05, 0.1) is 0 Å². The normalized spacial score (nSPS) is 16.2. The first-order chi connectivity index (χ1) is 9.74. The fourth-order valence-electron chi connectivity index (χ4n) is 2.93. The molecular weight excluding hydrogens is 246 g/mol. The maximum absolute atomic E-state index is 5.39. The van der Waals surface area contributed by atoms with Crippen LogP contribution in [0.5, 0.6) is 0 Å². The van der Waals surface area contributed by atoms with Gasteiger partial charge in [-0.25, -0.2) is 0 Å². The van der Waals surface area contributed by atoms with Crippen molar-refractivity contribution < 1.29 is 0 Å². The highest BCUT2D eigenvalue weighted by atomic mass is 15.2. The van der Waals surface area contributed by atoms with E-state index in [-0.39, 0.29) is 0 Å². The van der Waals surface area contributed by atoms with Gasteiger partial charge in [0.1, 0.15) is 0 Å². The summed E-state index contributed by atoms with van der Waals surface area (Å²) in [6.07, 6.45) is 6.70. The number of likely N-dealkylation sites (tertiary alicyclic amines) is 1. The van der Waals surface area contributed by atoms with E-state index in [1.54, 1.807) is 0 Å². The Labute approximate surface area is 122 Å². The van der Waals surface area contributed by atoms with Crippen LogP contribution < -0.4 is 11.3 Å². The molecule has 110 valence electrons. The van der Waals surface area contributed by atoms with Gasteiger partial charge in [0.2, 0.25) is 0 Å². The van der Waals surface area contributed by atoms with Gasteiger partial charge in [0.25, 0.3) is 0 Å². The fraction of sp³-hybridized carbons (Fsp3) is 0.529. The summed E-state index contributed by atoms with van der Waals surface area (Å²) in [5.41, 5.74) is 5.92. The van der Waals surface area contributed by atoms with Gasteiger partial charge in [-0.2, -0.15) is 0 Å². The number of anilines is 1. The topological polar surface area (TPSA) is 41.3 Å². The molecule has 0 saturated carbocycles. The fourth-order valence-corrected chi connectivity index (χ4v) is 2.93. The van der Waals surface area contributed by atoms with Crippen molar-refractivity contribution in [3.8, 4) is 0 Å². The molecule has 0 atom stereocenters. The highest BCUT2D eigenvalue weighted by molar-refractivity contribution is 5.64. The van der Waals surface area contributed by atoms with Gasteiger partial charge in [-0.3, -0.25) is 5.84 Å². The maximum atomic E-state index is 5.39. The van der Waals surface area contributed by atoms with Crippen molar-refractivity contribution in [3.63, 3.8) is 0 Å². The van der Waals surface area contributed by atoms with Crippen LogP contribution in [0.3, 0.4) is 0 Å². The van der Waals surface area contributed by atoms with Crippen LogP contribution in [0.1, 0.15) is 44.6 Å². The summed E-state index contributed by atoms with van der Waals surface area (Å²) >= 11 is 0. The van der Waals surface area contributed by atoms with Crippen LogP contribution in [-0.2, 0) is 0 Å². The van der Waals surface area contributed by atoms with Crippen LogP contribution in [-0.4, -0.2) is 18.0 Å². The Hall–Kier alpha value is -1.48. The third-order valence-electron chi connectivity index (χ3n) is 4.35. The van der Waals surface area contributed by atoms with E-state index >= 15 is 0 Å². The lowest BCUT2D eigenvalue weighted by Gasteiger charge is -2.35. The van der Waals surface area contributed by atoms with Crippen LogP contribution in [0.4, 0.5) is 5.69 Å². The van der Waals surface area contributed by atoms with Crippen molar-refractivity contribution in [2.24, 2.45) is 11.8 Å². The Kier molecular flexibility index (Phi) is 5.48. The Bertz CT molecular complexity index is 416. The molecule has 1 fully saturated rings. The number of unbranched alkanes of at least 4 members (excludes halogenated alkanes) is 1. The van der Waals surface area contributed by atoms with Gasteiger partial charge < -0.3 is 10.3 Å². The maximum Gasteiger partial charge on any atom is 0.0485 e. The molecular formula is C17H27N3. The first kappa shape index (κ1) is 14.9. The van der Waals surface area contributed by atoms with Gasteiger partial charge in [0.15, 0.2) is 0 Å². The number of nitrogens with one attached hydrogen (secondary N) is 1. The van der Waals surface area contributed by atoms with Gasteiger partial charge in [-0.1, -0.05) is 44.9 Å². The second kappa shape index (κ2) is 7.34.